The summed E-state index contributed by atoms with van der Waals surface area (Å²) in [4.78, 5) is 15.6. The van der Waals surface area contributed by atoms with E-state index in [1.807, 2.05) is 18.2 Å². The van der Waals surface area contributed by atoms with Gasteiger partial charge >= 0.3 is 5.97 Å². The quantitative estimate of drug-likeness (QED) is 0.357. The van der Waals surface area contributed by atoms with Crippen molar-refractivity contribution in [1.82, 2.24) is 0 Å². The summed E-state index contributed by atoms with van der Waals surface area (Å²) in [6.07, 6.45) is 16.3. The van der Waals surface area contributed by atoms with E-state index in [1.54, 1.807) is 0 Å². The Morgan fingerprint density at radius 2 is 2.08 bits per heavy atom. The average molecular weight is 351 g/mol. The van der Waals surface area contributed by atoms with Crippen LogP contribution in [-0.2, 0) is 9.63 Å². The number of aliphatic hydroxyl groups excluding tert-OH is 1. The predicted octanol–water partition coefficient (Wildman–Crippen LogP) is 4.47. The molecule has 0 aromatic carbocycles. The van der Waals surface area contributed by atoms with Crippen LogP contribution >= 0.6 is 0 Å². The molecule has 1 heterocycles. The summed E-state index contributed by atoms with van der Waals surface area (Å²) in [5.41, 5.74) is 1.02. The lowest BCUT2D eigenvalue weighted by Gasteiger charge is -2.11. The fraction of sp³-hybridized carbons (Fsp3) is 0.700. The molecular formula is C20H33NO4. The molecule has 142 valence electrons. The third-order valence-electron chi connectivity index (χ3n) is 4.30. The summed E-state index contributed by atoms with van der Waals surface area (Å²) in [7, 11) is 0. The molecule has 2 atom stereocenters. The van der Waals surface area contributed by atoms with Crippen molar-refractivity contribution in [2.24, 2.45) is 11.1 Å². The molecule has 0 saturated carbocycles. The Hall–Kier alpha value is -1.62. The number of rotatable bonds is 14. The Morgan fingerprint density at radius 1 is 1.24 bits per heavy atom. The molecule has 1 aliphatic rings. The van der Waals surface area contributed by atoms with Gasteiger partial charge in [-0.2, -0.15) is 0 Å². The summed E-state index contributed by atoms with van der Waals surface area (Å²) in [6, 6.07) is 0. The summed E-state index contributed by atoms with van der Waals surface area (Å²) < 4.78 is 0. The van der Waals surface area contributed by atoms with Crippen LogP contribution in [0.15, 0.2) is 29.5 Å². The smallest absolute Gasteiger partial charge is 0.303 e. The highest BCUT2D eigenvalue weighted by molar-refractivity contribution is 5.88. The molecule has 25 heavy (non-hydrogen) atoms. The number of nitrogens with zero attached hydrogens (tertiary/aromatic N) is 1. The lowest BCUT2D eigenvalue weighted by atomic mass is 9.95. The summed E-state index contributed by atoms with van der Waals surface area (Å²) in [6.45, 7) is 2.81. The van der Waals surface area contributed by atoms with Gasteiger partial charge in [-0.15, -0.1) is 0 Å². The van der Waals surface area contributed by atoms with Gasteiger partial charge in [-0.3, -0.25) is 4.79 Å². The van der Waals surface area contributed by atoms with Gasteiger partial charge in [0.2, 0.25) is 0 Å². The van der Waals surface area contributed by atoms with E-state index < -0.39 is 12.1 Å². The van der Waals surface area contributed by atoms with E-state index in [1.165, 1.54) is 19.3 Å². The van der Waals surface area contributed by atoms with Crippen molar-refractivity contribution in [2.45, 2.75) is 77.2 Å². The summed E-state index contributed by atoms with van der Waals surface area (Å²) in [5, 5.41) is 22.8. The number of hydrogen-bond acceptors (Lipinski definition) is 4. The second-order valence-corrected chi connectivity index (χ2v) is 6.57. The molecule has 0 amide bonds. The summed E-state index contributed by atoms with van der Waals surface area (Å²) in [5.74, 6) is -0.608. The lowest BCUT2D eigenvalue weighted by molar-refractivity contribution is -0.137. The van der Waals surface area contributed by atoms with Gasteiger partial charge < -0.3 is 15.1 Å². The first-order valence-electron chi connectivity index (χ1n) is 9.55. The van der Waals surface area contributed by atoms with Crippen molar-refractivity contribution in [2.75, 3.05) is 6.61 Å². The van der Waals surface area contributed by atoms with Gasteiger partial charge in [0, 0.05) is 18.8 Å². The third kappa shape index (κ3) is 10.8. The Balaban J connectivity index is 2.40. The van der Waals surface area contributed by atoms with Crippen LogP contribution in [-0.4, -0.2) is 34.6 Å². The zero-order valence-corrected chi connectivity index (χ0v) is 15.4. The first-order chi connectivity index (χ1) is 12.1. The number of oxime groups is 1. The van der Waals surface area contributed by atoms with Crippen LogP contribution in [0.1, 0.15) is 71.1 Å². The van der Waals surface area contributed by atoms with Gasteiger partial charge in [-0.05, 0) is 25.7 Å². The molecule has 0 radical (unpaired) electrons. The lowest BCUT2D eigenvalue weighted by Crippen LogP contribution is -2.11. The Bertz CT molecular complexity index is 457. The first-order valence-corrected chi connectivity index (χ1v) is 9.55. The van der Waals surface area contributed by atoms with Crippen molar-refractivity contribution < 1.29 is 19.8 Å². The molecule has 1 unspecified atom stereocenters. The van der Waals surface area contributed by atoms with Gasteiger partial charge in [-0.1, -0.05) is 62.1 Å². The molecule has 5 nitrogen and oxygen atoms in total. The Morgan fingerprint density at radius 3 is 2.76 bits per heavy atom. The maximum atomic E-state index is 10.5. The molecule has 0 fully saturated rings. The molecule has 1 aliphatic heterocycles. The number of aliphatic hydroxyl groups is 1. The minimum Gasteiger partial charge on any atom is -0.481 e. The van der Waals surface area contributed by atoms with Gasteiger partial charge in [0.1, 0.15) is 6.61 Å². The van der Waals surface area contributed by atoms with Crippen LogP contribution in [0.25, 0.3) is 0 Å². The van der Waals surface area contributed by atoms with E-state index in [2.05, 4.69) is 18.2 Å². The second-order valence-electron chi connectivity index (χ2n) is 6.57. The van der Waals surface area contributed by atoms with Gasteiger partial charge in [0.05, 0.1) is 11.8 Å². The highest BCUT2D eigenvalue weighted by Crippen LogP contribution is 2.18. The highest BCUT2D eigenvalue weighted by Gasteiger charge is 2.17. The number of allylic oxidation sites excluding steroid dienone is 3. The van der Waals surface area contributed by atoms with Gasteiger partial charge in [0.25, 0.3) is 0 Å². The molecule has 0 aromatic rings. The Kier molecular flexibility index (Phi) is 11.7. The monoisotopic (exact) mass is 351 g/mol. The van der Waals surface area contributed by atoms with Crippen molar-refractivity contribution in [1.29, 1.82) is 0 Å². The van der Waals surface area contributed by atoms with Crippen molar-refractivity contribution in [3.05, 3.63) is 24.3 Å². The maximum Gasteiger partial charge on any atom is 0.303 e. The van der Waals surface area contributed by atoms with E-state index in [9.17, 15) is 9.90 Å². The van der Waals surface area contributed by atoms with Crippen molar-refractivity contribution in [3.8, 4) is 0 Å². The summed E-state index contributed by atoms with van der Waals surface area (Å²) >= 11 is 0. The molecule has 0 spiro atoms. The van der Waals surface area contributed by atoms with Gasteiger partial charge in [0.15, 0.2) is 0 Å². The van der Waals surface area contributed by atoms with Crippen LogP contribution in [0.5, 0.6) is 0 Å². The fourth-order valence-electron chi connectivity index (χ4n) is 2.77. The van der Waals surface area contributed by atoms with Crippen LogP contribution in [0.3, 0.4) is 0 Å². The predicted molar refractivity (Wildman–Crippen MR) is 101 cm³/mol. The third-order valence-corrected chi connectivity index (χ3v) is 4.30. The average Bonchev–Trinajstić information content (AvgIpc) is 3.11. The zero-order valence-electron chi connectivity index (χ0n) is 15.4. The first kappa shape index (κ1) is 21.4. The molecule has 0 saturated heterocycles. The molecule has 5 heteroatoms. The number of carboxylic acids is 1. The van der Waals surface area contributed by atoms with E-state index in [-0.39, 0.29) is 12.3 Å². The normalized spacial score (nSPS) is 17.0. The van der Waals surface area contributed by atoms with Crippen LogP contribution in [0.4, 0.5) is 0 Å². The number of carboxylic acid groups (broad SMARTS) is 1. The van der Waals surface area contributed by atoms with E-state index in [0.717, 1.165) is 37.8 Å². The SMILES string of the molecule is CCCCCCC(O)/C=C/[C@@H](C/C=C\CCCC(=O)O)C1=NOCC1. The molecule has 2 N–H and O–H groups in total. The van der Waals surface area contributed by atoms with Crippen LogP contribution < -0.4 is 0 Å². The van der Waals surface area contributed by atoms with Crippen LogP contribution in [0, 0.1) is 5.92 Å². The minimum absolute atomic E-state index is 0.142. The number of carbonyl (C=O) groups is 1. The van der Waals surface area contributed by atoms with E-state index >= 15 is 0 Å². The number of unbranched alkanes of at least 4 members (excludes halogenated alkanes) is 4. The van der Waals surface area contributed by atoms with Gasteiger partial charge in [-0.25, -0.2) is 0 Å². The van der Waals surface area contributed by atoms with E-state index in [0.29, 0.717) is 13.0 Å². The Labute approximate surface area is 151 Å². The standard InChI is InChI=1S/C20H33NO4/c1-2-3-4-8-11-18(22)14-13-17(19-15-16-25-21-19)10-7-5-6-9-12-20(23)24/h5,7,13-14,17-18,22H,2-4,6,8-12,15-16H2,1H3,(H,23,24)/b7-5-,14-13+/t17-,18?/m1/s1. The fourth-order valence-corrected chi connectivity index (χ4v) is 2.77. The van der Waals surface area contributed by atoms with Crippen LogP contribution in [0.2, 0.25) is 0 Å². The van der Waals surface area contributed by atoms with Crippen molar-refractivity contribution in [3.63, 3.8) is 0 Å². The largest absolute Gasteiger partial charge is 0.481 e. The molecule has 0 bridgehead atoms. The zero-order chi connectivity index (χ0) is 18.3. The minimum atomic E-state index is -0.750. The molecule has 0 aromatic heterocycles. The van der Waals surface area contributed by atoms with E-state index in [4.69, 9.17) is 9.94 Å². The topological polar surface area (TPSA) is 79.1 Å². The number of aliphatic carboxylic acids is 1. The number of hydrogen-bond donors (Lipinski definition) is 2. The second kappa shape index (κ2) is 13.6. The molecular weight excluding hydrogens is 318 g/mol. The molecule has 1 rings (SSSR count). The molecule has 0 aliphatic carbocycles. The maximum absolute atomic E-state index is 10.5. The van der Waals surface area contributed by atoms with Crippen molar-refractivity contribution >= 4 is 11.7 Å². The highest BCUT2D eigenvalue weighted by atomic mass is 16.6.